The lowest BCUT2D eigenvalue weighted by Crippen LogP contribution is -2.35. The van der Waals surface area contributed by atoms with Crippen LogP contribution in [0.4, 0.5) is 5.69 Å². The molecule has 2 N–H and O–H groups in total. The molecule has 5 heteroatoms. The van der Waals surface area contributed by atoms with Crippen LogP contribution in [0.25, 0.3) is 0 Å². The van der Waals surface area contributed by atoms with Gasteiger partial charge in [-0.1, -0.05) is 0 Å². The van der Waals surface area contributed by atoms with Gasteiger partial charge in [0.05, 0.1) is 12.6 Å². The molecule has 1 saturated heterocycles. The highest BCUT2D eigenvalue weighted by Gasteiger charge is 2.22. The van der Waals surface area contributed by atoms with Crippen LogP contribution in [-0.4, -0.2) is 30.1 Å². The van der Waals surface area contributed by atoms with E-state index in [0.717, 1.165) is 19.4 Å². The summed E-state index contributed by atoms with van der Waals surface area (Å²) < 4.78 is 5.35. The third kappa shape index (κ3) is 2.94. The van der Waals surface area contributed by atoms with Crippen LogP contribution in [0.15, 0.2) is 18.3 Å². The van der Waals surface area contributed by atoms with Crippen molar-refractivity contribution in [3.8, 4) is 5.88 Å². The van der Waals surface area contributed by atoms with Crippen molar-refractivity contribution in [2.75, 3.05) is 18.5 Å². The lowest BCUT2D eigenvalue weighted by atomic mass is 10.2. The molecule has 0 bridgehead atoms. The van der Waals surface area contributed by atoms with Gasteiger partial charge in [0.15, 0.2) is 0 Å². The summed E-state index contributed by atoms with van der Waals surface area (Å²) in [6.45, 7) is 3.32. The van der Waals surface area contributed by atoms with Crippen LogP contribution in [0.1, 0.15) is 19.8 Å². The van der Waals surface area contributed by atoms with E-state index in [2.05, 4.69) is 15.6 Å². The Labute approximate surface area is 101 Å². The SMILES string of the molecule is CCOc1ncccc1NC(=O)C1CCCN1. The van der Waals surface area contributed by atoms with Gasteiger partial charge in [-0.3, -0.25) is 4.79 Å². The maximum absolute atomic E-state index is 11.9. The molecule has 5 nitrogen and oxygen atoms in total. The molecule has 0 radical (unpaired) electrons. The number of carbonyl (C=O) groups excluding carboxylic acids is 1. The number of hydrogen-bond acceptors (Lipinski definition) is 4. The Hall–Kier alpha value is -1.62. The van der Waals surface area contributed by atoms with E-state index in [0.29, 0.717) is 18.2 Å². The van der Waals surface area contributed by atoms with Crippen LogP contribution in [0.5, 0.6) is 5.88 Å². The summed E-state index contributed by atoms with van der Waals surface area (Å²) in [5, 5.41) is 6.00. The van der Waals surface area contributed by atoms with Gasteiger partial charge in [-0.2, -0.15) is 0 Å². The van der Waals surface area contributed by atoms with Gasteiger partial charge in [0.2, 0.25) is 11.8 Å². The second-order valence-corrected chi connectivity index (χ2v) is 3.93. The van der Waals surface area contributed by atoms with E-state index in [9.17, 15) is 4.79 Å². The van der Waals surface area contributed by atoms with E-state index < -0.39 is 0 Å². The first-order valence-electron chi connectivity index (χ1n) is 5.93. The zero-order valence-electron chi connectivity index (χ0n) is 9.90. The highest BCUT2D eigenvalue weighted by Crippen LogP contribution is 2.21. The Morgan fingerprint density at radius 1 is 1.71 bits per heavy atom. The molecule has 1 amide bonds. The fourth-order valence-corrected chi connectivity index (χ4v) is 1.87. The Kier molecular flexibility index (Phi) is 3.93. The first-order chi connectivity index (χ1) is 8.31. The number of nitrogens with one attached hydrogen (secondary N) is 2. The van der Waals surface area contributed by atoms with E-state index in [-0.39, 0.29) is 11.9 Å². The maximum atomic E-state index is 11.9. The number of nitrogens with zero attached hydrogens (tertiary/aromatic N) is 1. The molecule has 0 spiro atoms. The summed E-state index contributed by atoms with van der Waals surface area (Å²) in [4.78, 5) is 16.0. The zero-order chi connectivity index (χ0) is 12.1. The molecule has 92 valence electrons. The van der Waals surface area contributed by atoms with E-state index in [4.69, 9.17) is 4.74 Å². The molecule has 1 fully saturated rings. The van der Waals surface area contributed by atoms with Crippen LogP contribution < -0.4 is 15.4 Å². The van der Waals surface area contributed by atoms with Crippen LogP contribution in [-0.2, 0) is 4.79 Å². The molecule has 1 aliphatic rings. The van der Waals surface area contributed by atoms with Gasteiger partial charge in [0.1, 0.15) is 5.69 Å². The molecular weight excluding hydrogens is 218 g/mol. The second-order valence-electron chi connectivity index (χ2n) is 3.93. The molecule has 2 heterocycles. The average molecular weight is 235 g/mol. The number of anilines is 1. The third-order valence-corrected chi connectivity index (χ3v) is 2.69. The molecular formula is C12H17N3O2. The zero-order valence-corrected chi connectivity index (χ0v) is 9.90. The smallest absolute Gasteiger partial charge is 0.241 e. The fourth-order valence-electron chi connectivity index (χ4n) is 1.87. The van der Waals surface area contributed by atoms with E-state index >= 15 is 0 Å². The van der Waals surface area contributed by atoms with Gasteiger partial charge in [0.25, 0.3) is 0 Å². The molecule has 17 heavy (non-hydrogen) atoms. The maximum Gasteiger partial charge on any atom is 0.241 e. The Bertz CT molecular complexity index is 389. The average Bonchev–Trinajstić information content (AvgIpc) is 2.85. The fraction of sp³-hybridized carbons (Fsp3) is 0.500. The number of aromatic nitrogens is 1. The molecule has 1 aromatic rings. The van der Waals surface area contributed by atoms with Crippen LogP contribution >= 0.6 is 0 Å². The van der Waals surface area contributed by atoms with Gasteiger partial charge >= 0.3 is 0 Å². The quantitative estimate of drug-likeness (QED) is 0.822. The molecule has 1 aliphatic heterocycles. The number of ether oxygens (including phenoxy) is 1. The number of rotatable bonds is 4. The summed E-state index contributed by atoms with van der Waals surface area (Å²) in [6, 6.07) is 3.48. The highest BCUT2D eigenvalue weighted by atomic mass is 16.5. The van der Waals surface area contributed by atoms with Crippen molar-refractivity contribution in [2.24, 2.45) is 0 Å². The lowest BCUT2D eigenvalue weighted by Gasteiger charge is -2.13. The van der Waals surface area contributed by atoms with Gasteiger partial charge in [-0.25, -0.2) is 4.98 Å². The van der Waals surface area contributed by atoms with E-state index in [1.54, 1.807) is 18.3 Å². The standard InChI is InChI=1S/C12H17N3O2/c1-2-17-12-10(6-4-8-14-12)15-11(16)9-5-3-7-13-9/h4,6,8-9,13H,2-3,5,7H2,1H3,(H,15,16). The molecule has 0 aromatic carbocycles. The summed E-state index contributed by atoms with van der Waals surface area (Å²) in [5.74, 6) is 0.456. The summed E-state index contributed by atoms with van der Waals surface area (Å²) in [5.41, 5.74) is 0.632. The summed E-state index contributed by atoms with van der Waals surface area (Å²) in [7, 11) is 0. The number of hydrogen-bond donors (Lipinski definition) is 2. The van der Waals surface area contributed by atoms with Crippen molar-refractivity contribution < 1.29 is 9.53 Å². The first kappa shape index (κ1) is 11.9. The van der Waals surface area contributed by atoms with Crippen LogP contribution in [0.2, 0.25) is 0 Å². The predicted molar refractivity (Wildman–Crippen MR) is 65.1 cm³/mol. The Morgan fingerprint density at radius 3 is 3.29 bits per heavy atom. The minimum Gasteiger partial charge on any atom is -0.476 e. The minimum atomic E-state index is -0.0929. The topological polar surface area (TPSA) is 63.2 Å². The highest BCUT2D eigenvalue weighted by molar-refractivity contribution is 5.95. The predicted octanol–water partition coefficient (Wildman–Crippen LogP) is 1.17. The molecule has 0 saturated carbocycles. The van der Waals surface area contributed by atoms with Gasteiger partial charge < -0.3 is 15.4 Å². The first-order valence-corrected chi connectivity index (χ1v) is 5.93. The number of carbonyl (C=O) groups is 1. The van der Waals surface area contributed by atoms with Crippen molar-refractivity contribution in [1.29, 1.82) is 0 Å². The van der Waals surface area contributed by atoms with Gasteiger partial charge in [0, 0.05) is 6.20 Å². The monoisotopic (exact) mass is 235 g/mol. The second kappa shape index (κ2) is 5.63. The third-order valence-electron chi connectivity index (χ3n) is 2.69. The molecule has 2 rings (SSSR count). The van der Waals surface area contributed by atoms with Gasteiger partial charge in [-0.05, 0) is 38.4 Å². The number of pyridine rings is 1. The molecule has 1 aromatic heterocycles. The largest absolute Gasteiger partial charge is 0.476 e. The normalized spacial score (nSPS) is 19.0. The molecule has 0 aliphatic carbocycles. The van der Waals surface area contributed by atoms with E-state index in [1.165, 1.54) is 0 Å². The van der Waals surface area contributed by atoms with Crippen LogP contribution in [0, 0.1) is 0 Å². The van der Waals surface area contributed by atoms with Crippen LogP contribution in [0.3, 0.4) is 0 Å². The molecule has 1 unspecified atom stereocenters. The summed E-state index contributed by atoms with van der Waals surface area (Å²) in [6.07, 6.45) is 3.58. The summed E-state index contributed by atoms with van der Waals surface area (Å²) >= 11 is 0. The number of amides is 1. The lowest BCUT2D eigenvalue weighted by molar-refractivity contribution is -0.117. The van der Waals surface area contributed by atoms with Crippen molar-refractivity contribution in [1.82, 2.24) is 10.3 Å². The van der Waals surface area contributed by atoms with Crippen molar-refractivity contribution in [3.05, 3.63) is 18.3 Å². The van der Waals surface area contributed by atoms with E-state index in [1.807, 2.05) is 6.92 Å². The minimum absolute atomic E-state index is 0.0172. The van der Waals surface area contributed by atoms with Gasteiger partial charge in [-0.15, -0.1) is 0 Å². The van der Waals surface area contributed by atoms with Crippen molar-refractivity contribution >= 4 is 11.6 Å². The Balaban J connectivity index is 2.04. The van der Waals surface area contributed by atoms with Crippen molar-refractivity contribution in [2.45, 2.75) is 25.8 Å². The Morgan fingerprint density at radius 2 is 2.59 bits per heavy atom. The molecule has 1 atom stereocenters. The van der Waals surface area contributed by atoms with Crippen molar-refractivity contribution in [3.63, 3.8) is 0 Å².